The molecule has 0 aliphatic carbocycles. The maximum atomic E-state index is 7.93. The summed E-state index contributed by atoms with van der Waals surface area (Å²) in [4.78, 5) is 9.54. The Hall–Kier alpha value is 0.612. The molecule has 0 spiro atoms. The smallest absolute Gasteiger partial charge is 0.259 e. The number of aliphatic hydroxyl groups excluding tert-OH is 1. The molecule has 0 amide bonds. The Bertz CT molecular complexity index is 712. The van der Waals surface area contributed by atoms with Crippen LogP contribution in [0.15, 0.2) is 0 Å². The van der Waals surface area contributed by atoms with Gasteiger partial charge in [0.05, 0.1) is 31.0 Å². The Morgan fingerprint density at radius 3 is 2.62 bits per heavy atom. The summed E-state index contributed by atoms with van der Waals surface area (Å²) >= 11 is 0. The van der Waals surface area contributed by atoms with Crippen molar-refractivity contribution in [3.05, 3.63) is 18.0 Å². The summed E-state index contributed by atoms with van der Waals surface area (Å²) in [6.07, 6.45) is 1.33. The molecule has 1 unspecified atom stereocenters. The maximum absolute atomic E-state index is 7.93. The van der Waals surface area contributed by atoms with Crippen LogP contribution in [-0.2, 0) is 28.1 Å². The zero-order chi connectivity index (χ0) is 28.3. The second kappa shape index (κ2) is 17.4. The fraction of sp³-hybridized carbons (Fsp3) is 0.920. The van der Waals surface area contributed by atoms with Gasteiger partial charge in [-0.3, -0.25) is 4.84 Å². The number of hydrogen-bond donors (Lipinski definition) is 1. The van der Waals surface area contributed by atoms with Crippen molar-refractivity contribution in [1.29, 1.82) is 1.43 Å². The van der Waals surface area contributed by atoms with E-state index in [1.807, 2.05) is 12.1 Å². The molecule has 3 saturated heterocycles. The number of rotatable bonds is 14. The van der Waals surface area contributed by atoms with E-state index >= 15 is 0 Å². The van der Waals surface area contributed by atoms with Gasteiger partial charge < -0.3 is 33.2 Å². The van der Waals surface area contributed by atoms with E-state index in [1.165, 1.54) is 7.11 Å². The predicted octanol–water partition coefficient (Wildman–Crippen LogP) is 3.66. The molecule has 0 radical (unpaired) electrons. The molecule has 214 valence electrons. The van der Waals surface area contributed by atoms with Gasteiger partial charge in [-0.15, -0.1) is 0 Å². The van der Waals surface area contributed by atoms with Crippen LogP contribution in [0, 0.1) is 50.2 Å². The standard InChI is InChI=1S/C24H43N3O6P.CH4O.U/c1-9-19-12-21(33-34(31-11-10-25-7)27(17(2)3)18(4)5)23(32-19)15-30-26(8)13-20-22-14-29-24(20,6)16-28-22;1-2;/h14,17-23H,9-13,15-16H2,1-6,8H3;2H,1H3;/q-1;;/t19-,20-,21-,22-,23+,24-,34?;;/m0../s1/i6D;2T;. The van der Waals surface area contributed by atoms with Crippen LogP contribution in [-0.4, -0.2) is 105 Å². The zero-order valence-electron chi connectivity index (χ0n) is 25.4. The first-order valence-electron chi connectivity index (χ1n) is 13.9. The van der Waals surface area contributed by atoms with Crippen LogP contribution >= 0.6 is 8.53 Å². The third-order valence-electron chi connectivity index (χ3n) is 6.55. The van der Waals surface area contributed by atoms with Gasteiger partial charge in [0, 0.05) is 77.6 Å². The van der Waals surface area contributed by atoms with E-state index in [4.69, 9.17) is 37.5 Å². The number of hydrogen-bond acceptors (Lipinski definition) is 9. The van der Waals surface area contributed by atoms with Crippen molar-refractivity contribution >= 4 is 8.53 Å². The van der Waals surface area contributed by atoms with Gasteiger partial charge in [0.2, 0.25) is 7.98 Å². The summed E-state index contributed by atoms with van der Waals surface area (Å²) in [5.41, 5.74) is -0.569. The van der Waals surface area contributed by atoms with Crippen LogP contribution in [0.1, 0.15) is 55.7 Å². The molecule has 0 aromatic carbocycles. The van der Waals surface area contributed by atoms with Crippen molar-refractivity contribution in [2.45, 2.75) is 96.5 Å². The molecule has 3 rings (SSSR count). The first-order chi connectivity index (χ1) is 18.2. The molecule has 37 heavy (non-hydrogen) atoms. The van der Waals surface area contributed by atoms with Gasteiger partial charge in [0.1, 0.15) is 12.7 Å². The van der Waals surface area contributed by atoms with E-state index in [0.717, 1.165) is 12.8 Å². The summed E-state index contributed by atoms with van der Waals surface area (Å²) in [5, 5.41) is 5.31. The minimum absolute atomic E-state index is 0. The van der Waals surface area contributed by atoms with E-state index in [9.17, 15) is 0 Å². The molecule has 2 bridgehead atoms. The van der Waals surface area contributed by atoms with Crippen molar-refractivity contribution in [3.8, 4) is 0 Å². The molecule has 3 aliphatic rings. The van der Waals surface area contributed by atoms with E-state index in [2.05, 4.69) is 49.2 Å². The molecule has 12 heteroatoms. The quantitative estimate of drug-likeness (QED) is 0.123. The summed E-state index contributed by atoms with van der Waals surface area (Å²) in [6.45, 7) is 21.7. The molecule has 0 saturated carbocycles. The van der Waals surface area contributed by atoms with Gasteiger partial charge in [-0.05, 0) is 47.1 Å². The van der Waals surface area contributed by atoms with Crippen molar-refractivity contribution < 1.29 is 65.7 Å². The van der Waals surface area contributed by atoms with Crippen LogP contribution in [0.2, 0.25) is 0 Å². The SMILES string of the molecule is [2H]C[C@@]12CO[C@@H]([CH-]O1)[C@@H]2CN(C)OC[C@H]1O[C@@H](CC)C[C@@H]1OP(OCC[N+]#[C-])N(C(C)C)C(C)C.[3H]OC.[U]. The number of aliphatic hydroxyl groups is 1. The van der Waals surface area contributed by atoms with E-state index < -0.39 is 14.1 Å². The van der Waals surface area contributed by atoms with Gasteiger partial charge in [0.25, 0.3) is 8.53 Å². The third-order valence-corrected chi connectivity index (χ3v) is 8.71. The average molecular weight is 774 g/mol. The van der Waals surface area contributed by atoms with Crippen LogP contribution < -0.4 is 0 Å². The molecule has 10 nitrogen and oxygen atoms in total. The van der Waals surface area contributed by atoms with E-state index in [-0.39, 0.29) is 80.4 Å². The zero-order valence-corrected chi connectivity index (χ0v) is 28.5. The Labute approximate surface area is 252 Å². The van der Waals surface area contributed by atoms with E-state index in [1.54, 1.807) is 6.61 Å². The van der Waals surface area contributed by atoms with Gasteiger partial charge in [-0.1, -0.05) is 6.92 Å². The molecular formula is C25H47N3O7PU-. The Morgan fingerprint density at radius 1 is 1.38 bits per heavy atom. The van der Waals surface area contributed by atoms with Crippen LogP contribution in [0.4, 0.5) is 0 Å². The molecule has 0 aromatic heterocycles. The summed E-state index contributed by atoms with van der Waals surface area (Å²) in [5.74, 6) is 0.0688. The van der Waals surface area contributed by atoms with Crippen molar-refractivity contribution in [1.82, 2.24) is 9.73 Å². The van der Waals surface area contributed by atoms with E-state index in [0.29, 0.717) is 32.9 Å². The normalized spacial score (nSPS) is 32.2. The van der Waals surface area contributed by atoms with Crippen molar-refractivity contribution in [2.24, 2.45) is 5.92 Å². The minimum Gasteiger partial charge on any atom is -0.543 e. The van der Waals surface area contributed by atoms with Crippen LogP contribution in [0.5, 0.6) is 0 Å². The van der Waals surface area contributed by atoms with Crippen LogP contribution in [0.25, 0.3) is 4.85 Å². The fourth-order valence-electron chi connectivity index (χ4n) is 4.75. The predicted molar refractivity (Wildman–Crippen MR) is 139 cm³/mol. The Balaban J connectivity index is 0.00000181. The third kappa shape index (κ3) is 9.88. The van der Waals surface area contributed by atoms with Crippen LogP contribution in [0.3, 0.4) is 0 Å². The first kappa shape index (κ1) is 32.1. The molecule has 1 N–H and O–H groups in total. The second-order valence-corrected chi connectivity index (χ2v) is 11.3. The monoisotopic (exact) mass is 773 g/mol. The molecule has 7 atom stereocenters. The van der Waals surface area contributed by atoms with Gasteiger partial charge >= 0.3 is 0 Å². The number of hydroxylamine groups is 2. The largest absolute Gasteiger partial charge is 0.543 e. The summed E-state index contributed by atoms with van der Waals surface area (Å²) in [6, 6.07) is 0.484. The average Bonchev–Trinajstić information content (AvgIpc) is 3.54. The first-order valence-corrected chi connectivity index (χ1v) is 13.9. The van der Waals surface area contributed by atoms with Gasteiger partial charge in [0.15, 0.2) is 0 Å². The van der Waals surface area contributed by atoms with Crippen molar-refractivity contribution in [2.75, 3.05) is 47.1 Å². The molecule has 3 fully saturated rings. The Morgan fingerprint density at radius 2 is 2.08 bits per heavy atom. The topological polar surface area (TPSA) is 86.5 Å². The molecule has 3 aliphatic heterocycles. The Kier molecular flexibility index (Phi) is 15.1. The van der Waals surface area contributed by atoms with Gasteiger partial charge in [-0.25, -0.2) is 11.2 Å². The number of nitrogens with zero attached hydrogens (tertiary/aromatic N) is 3. The molecule has 3 heterocycles. The number of ether oxygens (including phenoxy) is 3. The number of fused-ring (bicyclic) bond motifs is 2. The van der Waals surface area contributed by atoms with Gasteiger partial charge in [-0.2, -0.15) is 11.7 Å². The molecular weight excluding hydrogens is 723 g/mol. The fourth-order valence-corrected chi connectivity index (χ4v) is 6.49. The summed E-state index contributed by atoms with van der Waals surface area (Å²) in [7, 11) is 1.85. The van der Waals surface area contributed by atoms with Crippen molar-refractivity contribution in [3.63, 3.8) is 0 Å². The maximum Gasteiger partial charge on any atom is 0.259 e. The molecule has 0 aromatic rings. The second-order valence-electron chi connectivity index (χ2n) is 9.91. The summed E-state index contributed by atoms with van der Waals surface area (Å²) < 4.78 is 46.4. The minimum atomic E-state index is -1.34.